The van der Waals surface area contributed by atoms with Crippen LogP contribution in [0.5, 0.6) is 0 Å². The molecular formula is C11H13F3N4O3. The van der Waals surface area contributed by atoms with Crippen molar-refractivity contribution in [3.8, 4) is 0 Å². The van der Waals surface area contributed by atoms with Crippen LogP contribution in [0.15, 0.2) is 9.52 Å². The molecule has 0 saturated carbocycles. The minimum atomic E-state index is -5.06. The van der Waals surface area contributed by atoms with Gasteiger partial charge in [0.15, 0.2) is 5.82 Å². The molecule has 0 N–H and O–H groups in total. The van der Waals surface area contributed by atoms with Gasteiger partial charge in [0.2, 0.25) is 5.89 Å². The number of hydrogen-bond acceptors (Lipinski definition) is 7. The number of hydroxylamine groups is 2. The van der Waals surface area contributed by atoms with Crippen LogP contribution in [-0.4, -0.2) is 46.8 Å². The van der Waals surface area contributed by atoms with Crippen LogP contribution in [0.4, 0.5) is 13.2 Å². The van der Waals surface area contributed by atoms with Crippen LogP contribution in [0.1, 0.15) is 31.0 Å². The summed E-state index contributed by atoms with van der Waals surface area (Å²) in [6.07, 6.45) is -2.54. The SMILES string of the molecule is CCCc1noc(C2CN=CN(OC(=O)C(F)(F)F)C2)n1. The van der Waals surface area contributed by atoms with E-state index in [9.17, 15) is 18.0 Å². The molecule has 0 aliphatic carbocycles. The Balaban J connectivity index is 1.98. The Labute approximate surface area is 117 Å². The normalized spacial score (nSPS) is 18.9. The summed E-state index contributed by atoms with van der Waals surface area (Å²) in [6.45, 7) is 2.20. The van der Waals surface area contributed by atoms with Crippen molar-refractivity contribution in [3.05, 3.63) is 11.7 Å². The molecule has 0 saturated heterocycles. The average Bonchev–Trinajstić information content (AvgIpc) is 2.87. The molecule has 1 aromatic rings. The Morgan fingerprint density at radius 3 is 3.00 bits per heavy atom. The van der Waals surface area contributed by atoms with Gasteiger partial charge in [0, 0.05) is 6.42 Å². The van der Waals surface area contributed by atoms with Crippen LogP contribution < -0.4 is 0 Å². The van der Waals surface area contributed by atoms with Gasteiger partial charge in [0.25, 0.3) is 0 Å². The van der Waals surface area contributed by atoms with Gasteiger partial charge in [-0.05, 0) is 6.42 Å². The first-order valence-electron chi connectivity index (χ1n) is 6.28. The van der Waals surface area contributed by atoms with Crippen molar-refractivity contribution in [2.24, 2.45) is 4.99 Å². The third-order valence-electron chi connectivity index (χ3n) is 2.67. The van der Waals surface area contributed by atoms with E-state index in [2.05, 4.69) is 20.0 Å². The molecule has 1 aromatic heterocycles. The molecule has 2 rings (SSSR count). The number of aryl methyl sites for hydroxylation is 1. The third kappa shape index (κ3) is 3.92. The summed E-state index contributed by atoms with van der Waals surface area (Å²) in [5.41, 5.74) is 0. The molecule has 0 radical (unpaired) electrons. The van der Waals surface area contributed by atoms with E-state index >= 15 is 0 Å². The zero-order chi connectivity index (χ0) is 15.5. The molecule has 0 bridgehead atoms. The van der Waals surface area contributed by atoms with Gasteiger partial charge >= 0.3 is 12.1 Å². The predicted octanol–water partition coefficient (Wildman–Crippen LogP) is 1.47. The minimum absolute atomic E-state index is 0.0287. The molecule has 0 amide bonds. The van der Waals surface area contributed by atoms with E-state index in [1.54, 1.807) is 0 Å². The van der Waals surface area contributed by atoms with Crippen molar-refractivity contribution in [1.82, 2.24) is 15.2 Å². The summed E-state index contributed by atoms with van der Waals surface area (Å²) in [4.78, 5) is 22.9. The summed E-state index contributed by atoms with van der Waals surface area (Å²) in [7, 11) is 0. The third-order valence-corrected chi connectivity index (χ3v) is 2.67. The summed E-state index contributed by atoms with van der Waals surface area (Å²) >= 11 is 0. The number of hydrogen-bond donors (Lipinski definition) is 0. The number of carbonyl (C=O) groups excluding carboxylic acids is 1. The van der Waals surface area contributed by atoms with Crippen LogP contribution in [0.3, 0.4) is 0 Å². The Kier molecular flexibility index (Phi) is 4.43. The van der Waals surface area contributed by atoms with Crippen LogP contribution >= 0.6 is 0 Å². The molecule has 0 fully saturated rings. The Morgan fingerprint density at radius 1 is 1.57 bits per heavy atom. The van der Waals surface area contributed by atoms with Crippen LogP contribution in [0.2, 0.25) is 0 Å². The molecule has 21 heavy (non-hydrogen) atoms. The largest absolute Gasteiger partial charge is 0.493 e. The topological polar surface area (TPSA) is 80.8 Å². The van der Waals surface area contributed by atoms with Crippen molar-refractivity contribution < 1.29 is 27.3 Å². The summed E-state index contributed by atoms with van der Waals surface area (Å²) in [5.74, 6) is -1.93. The molecule has 116 valence electrons. The average molecular weight is 306 g/mol. The number of nitrogens with zero attached hydrogens (tertiary/aromatic N) is 4. The maximum atomic E-state index is 12.1. The smallest absolute Gasteiger partial charge is 0.339 e. The molecule has 10 heteroatoms. The molecule has 1 atom stereocenters. The van der Waals surface area contributed by atoms with Crippen molar-refractivity contribution in [1.29, 1.82) is 0 Å². The van der Waals surface area contributed by atoms with Gasteiger partial charge in [0.1, 0.15) is 6.34 Å². The fourth-order valence-electron chi connectivity index (χ4n) is 1.72. The Hall–Kier alpha value is -2.13. The van der Waals surface area contributed by atoms with E-state index in [1.165, 1.54) is 0 Å². The maximum absolute atomic E-state index is 12.1. The number of aromatic nitrogens is 2. The quantitative estimate of drug-likeness (QED) is 0.838. The van der Waals surface area contributed by atoms with E-state index < -0.39 is 18.1 Å². The second kappa shape index (κ2) is 6.10. The first-order valence-corrected chi connectivity index (χ1v) is 6.28. The van der Waals surface area contributed by atoms with Gasteiger partial charge in [-0.3, -0.25) is 4.99 Å². The number of rotatable bonds is 4. The maximum Gasteiger partial charge on any atom is 0.493 e. The van der Waals surface area contributed by atoms with E-state index in [1.807, 2.05) is 6.92 Å². The van der Waals surface area contributed by atoms with Crippen molar-refractivity contribution in [3.63, 3.8) is 0 Å². The van der Waals surface area contributed by atoms with Gasteiger partial charge in [-0.15, -0.1) is 0 Å². The number of alkyl halides is 3. The lowest BCUT2D eigenvalue weighted by Crippen LogP contribution is -2.39. The van der Waals surface area contributed by atoms with Crippen LogP contribution in [0, 0.1) is 0 Å². The molecule has 0 aromatic carbocycles. The number of aliphatic imine (C=N–C) groups is 1. The van der Waals surface area contributed by atoms with Crippen LogP contribution in [-0.2, 0) is 16.1 Å². The summed E-state index contributed by atoms with van der Waals surface area (Å²) in [5, 5.41) is 4.48. The highest BCUT2D eigenvalue weighted by atomic mass is 19.4. The highest BCUT2D eigenvalue weighted by molar-refractivity contribution is 5.76. The molecule has 0 spiro atoms. The second-order valence-electron chi connectivity index (χ2n) is 4.45. The highest BCUT2D eigenvalue weighted by Gasteiger charge is 2.43. The van der Waals surface area contributed by atoms with E-state index in [4.69, 9.17) is 4.52 Å². The summed E-state index contributed by atoms with van der Waals surface area (Å²) in [6, 6.07) is 0. The highest BCUT2D eigenvalue weighted by Crippen LogP contribution is 2.21. The van der Waals surface area contributed by atoms with Gasteiger partial charge in [-0.25, -0.2) is 4.79 Å². The minimum Gasteiger partial charge on any atom is -0.339 e. The first kappa shape index (κ1) is 15.3. The number of halogens is 3. The van der Waals surface area contributed by atoms with Crippen molar-refractivity contribution in [2.45, 2.75) is 31.9 Å². The standard InChI is InChI=1S/C11H13F3N4O3/c1-2-3-8-16-9(20-17-8)7-4-15-6-18(5-7)21-10(19)11(12,13)14/h6-7H,2-5H2,1H3. The molecule has 1 unspecified atom stereocenters. The van der Waals surface area contributed by atoms with Gasteiger partial charge in [-0.2, -0.15) is 23.2 Å². The van der Waals surface area contributed by atoms with Gasteiger partial charge < -0.3 is 9.36 Å². The van der Waals surface area contributed by atoms with E-state index in [0.29, 0.717) is 17.3 Å². The lowest BCUT2D eigenvalue weighted by atomic mass is 10.1. The molecule has 1 aliphatic rings. The molecular weight excluding hydrogens is 293 g/mol. The van der Waals surface area contributed by atoms with Crippen molar-refractivity contribution >= 4 is 12.3 Å². The monoisotopic (exact) mass is 306 g/mol. The van der Waals surface area contributed by atoms with Crippen LogP contribution in [0.25, 0.3) is 0 Å². The molecule has 1 aliphatic heterocycles. The van der Waals surface area contributed by atoms with E-state index in [-0.39, 0.29) is 19.0 Å². The first-order chi connectivity index (χ1) is 9.90. The lowest BCUT2D eigenvalue weighted by Gasteiger charge is -2.25. The zero-order valence-electron chi connectivity index (χ0n) is 11.1. The summed E-state index contributed by atoms with van der Waals surface area (Å²) < 4.78 is 41.4. The lowest BCUT2D eigenvalue weighted by molar-refractivity contribution is -0.225. The second-order valence-corrected chi connectivity index (χ2v) is 4.45. The zero-order valence-corrected chi connectivity index (χ0v) is 11.1. The number of carbonyl (C=O) groups is 1. The van der Waals surface area contributed by atoms with Crippen molar-refractivity contribution in [2.75, 3.05) is 13.1 Å². The van der Waals surface area contributed by atoms with E-state index in [0.717, 1.165) is 12.8 Å². The predicted molar refractivity (Wildman–Crippen MR) is 63.2 cm³/mol. The van der Waals surface area contributed by atoms with Gasteiger partial charge in [0.05, 0.1) is 19.0 Å². The Morgan fingerprint density at radius 2 is 2.33 bits per heavy atom. The van der Waals surface area contributed by atoms with Gasteiger partial charge in [-0.1, -0.05) is 12.1 Å². The Bertz CT molecular complexity index is 529. The fourth-order valence-corrected chi connectivity index (χ4v) is 1.72. The molecule has 7 nitrogen and oxygen atoms in total. The molecule has 2 heterocycles. The fraction of sp³-hybridized carbons (Fsp3) is 0.636.